The smallest absolute Gasteiger partial charge is 0.0769 e. The zero-order chi connectivity index (χ0) is 14.7. The summed E-state index contributed by atoms with van der Waals surface area (Å²) in [6.07, 6.45) is 3.88. The molecule has 3 rings (SSSR count). The SMILES string of the molecule is CCNC(c1ccc(Br)c2ccccc12)C1CCCCO1. The van der Waals surface area contributed by atoms with Gasteiger partial charge in [0.25, 0.3) is 0 Å². The van der Waals surface area contributed by atoms with Crippen molar-refractivity contribution in [1.82, 2.24) is 5.32 Å². The lowest BCUT2D eigenvalue weighted by Gasteiger charge is -2.32. The normalized spacial score (nSPS) is 20.6. The molecule has 1 aliphatic rings. The second-order valence-electron chi connectivity index (χ2n) is 5.62. The molecule has 0 aromatic heterocycles. The van der Waals surface area contributed by atoms with E-state index in [0.29, 0.717) is 0 Å². The van der Waals surface area contributed by atoms with Crippen molar-refractivity contribution in [2.75, 3.05) is 13.2 Å². The van der Waals surface area contributed by atoms with Crippen LogP contribution in [0.4, 0.5) is 0 Å². The van der Waals surface area contributed by atoms with Crippen molar-refractivity contribution in [1.29, 1.82) is 0 Å². The molecule has 1 aliphatic heterocycles. The molecule has 2 aromatic rings. The third kappa shape index (κ3) is 3.15. The fourth-order valence-electron chi connectivity index (χ4n) is 3.25. The molecule has 1 N–H and O–H groups in total. The van der Waals surface area contributed by atoms with E-state index in [4.69, 9.17) is 4.74 Å². The average molecular weight is 348 g/mol. The molecular formula is C18H22BrNO. The molecule has 2 aromatic carbocycles. The summed E-state index contributed by atoms with van der Waals surface area (Å²) in [6.45, 7) is 4.01. The van der Waals surface area contributed by atoms with Crippen LogP contribution in [0.3, 0.4) is 0 Å². The second-order valence-corrected chi connectivity index (χ2v) is 6.48. The Kier molecular flexibility index (Phi) is 4.94. The molecule has 0 saturated carbocycles. The van der Waals surface area contributed by atoms with Crippen LogP contribution < -0.4 is 5.32 Å². The molecule has 0 amide bonds. The van der Waals surface area contributed by atoms with Crippen molar-refractivity contribution in [3.05, 3.63) is 46.4 Å². The predicted molar refractivity (Wildman–Crippen MR) is 91.7 cm³/mol. The van der Waals surface area contributed by atoms with Crippen molar-refractivity contribution in [3.8, 4) is 0 Å². The highest BCUT2D eigenvalue weighted by Crippen LogP contribution is 2.34. The summed E-state index contributed by atoms with van der Waals surface area (Å²) in [4.78, 5) is 0. The number of hydrogen-bond acceptors (Lipinski definition) is 2. The van der Waals surface area contributed by atoms with E-state index < -0.39 is 0 Å². The summed E-state index contributed by atoms with van der Waals surface area (Å²) < 4.78 is 7.21. The Morgan fingerprint density at radius 3 is 2.71 bits per heavy atom. The monoisotopic (exact) mass is 347 g/mol. The van der Waals surface area contributed by atoms with Gasteiger partial charge in [0.2, 0.25) is 0 Å². The van der Waals surface area contributed by atoms with Crippen LogP contribution in [-0.2, 0) is 4.74 Å². The fraction of sp³-hybridized carbons (Fsp3) is 0.444. The Labute approximate surface area is 135 Å². The van der Waals surface area contributed by atoms with Gasteiger partial charge in [-0.2, -0.15) is 0 Å². The molecule has 0 radical (unpaired) electrons. The van der Waals surface area contributed by atoms with Crippen LogP contribution in [0.15, 0.2) is 40.9 Å². The fourth-order valence-corrected chi connectivity index (χ4v) is 3.72. The van der Waals surface area contributed by atoms with E-state index in [-0.39, 0.29) is 12.1 Å². The molecule has 1 heterocycles. The van der Waals surface area contributed by atoms with E-state index >= 15 is 0 Å². The van der Waals surface area contributed by atoms with Crippen LogP contribution in [0, 0.1) is 0 Å². The van der Waals surface area contributed by atoms with Gasteiger partial charge in [0.15, 0.2) is 0 Å². The van der Waals surface area contributed by atoms with E-state index in [2.05, 4.69) is 64.6 Å². The summed E-state index contributed by atoms with van der Waals surface area (Å²) in [5.74, 6) is 0. The van der Waals surface area contributed by atoms with E-state index in [1.165, 1.54) is 29.2 Å². The minimum absolute atomic E-state index is 0.272. The summed E-state index contributed by atoms with van der Waals surface area (Å²) in [6, 6.07) is 13.3. The van der Waals surface area contributed by atoms with Crippen molar-refractivity contribution >= 4 is 26.7 Å². The number of ether oxygens (including phenoxy) is 1. The maximum absolute atomic E-state index is 6.05. The highest BCUT2D eigenvalue weighted by molar-refractivity contribution is 9.10. The second kappa shape index (κ2) is 6.91. The van der Waals surface area contributed by atoms with Crippen LogP contribution in [0.5, 0.6) is 0 Å². The lowest BCUT2D eigenvalue weighted by Crippen LogP contribution is -2.36. The molecule has 0 bridgehead atoms. The topological polar surface area (TPSA) is 21.3 Å². The number of benzene rings is 2. The van der Waals surface area contributed by atoms with Gasteiger partial charge in [0.05, 0.1) is 12.1 Å². The highest BCUT2D eigenvalue weighted by atomic mass is 79.9. The molecular weight excluding hydrogens is 326 g/mol. The van der Waals surface area contributed by atoms with Crippen molar-refractivity contribution in [3.63, 3.8) is 0 Å². The number of halogens is 1. The van der Waals surface area contributed by atoms with E-state index in [1.54, 1.807) is 0 Å². The van der Waals surface area contributed by atoms with Crippen LogP contribution >= 0.6 is 15.9 Å². The summed E-state index contributed by atoms with van der Waals surface area (Å²) >= 11 is 3.66. The van der Waals surface area contributed by atoms with Crippen LogP contribution in [-0.4, -0.2) is 19.3 Å². The van der Waals surface area contributed by atoms with Crippen molar-refractivity contribution < 1.29 is 4.74 Å². The third-order valence-electron chi connectivity index (χ3n) is 4.25. The maximum Gasteiger partial charge on any atom is 0.0769 e. The van der Waals surface area contributed by atoms with Crippen LogP contribution in [0.2, 0.25) is 0 Å². The number of hydrogen-bond donors (Lipinski definition) is 1. The minimum Gasteiger partial charge on any atom is -0.376 e. The Hall–Kier alpha value is -0.900. The Morgan fingerprint density at radius 2 is 2.00 bits per heavy atom. The third-order valence-corrected chi connectivity index (χ3v) is 4.94. The van der Waals surface area contributed by atoms with Crippen LogP contribution in [0.1, 0.15) is 37.8 Å². The van der Waals surface area contributed by atoms with Crippen molar-refractivity contribution in [2.24, 2.45) is 0 Å². The first-order valence-corrected chi connectivity index (χ1v) is 8.62. The number of nitrogens with one attached hydrogen (secondary N) is 1. The molecule has 3 heteroatoms. The molecule has 21 heavy (non-hydrogen) atoms. The highest BCUT2D eigenvalue weighted by Gasteiger charge is 2.26. The standard InChI is InChI=1S/C18H22BrNO/c1-2-20-18(17-9-5-6-12-21-17)15-10-11-16(19)14-8-4-3-7-13(14)15/h3-4,7-8,10-11,17-18,20H,2,5-6,9,12H2,1H3. The lowest BCUT2D eigenvalue weighted by molar-refractivity contribution is -0.00756. The molecule has 1 fully saturated rings. The molecule has 112 valence electrons. The van der Waals surface area contributed by atoms with E-state index in [9.17, 15) is 0 Å². The van der Waals surface area contributed by atoms with Gasteiger partial charge in [-0.1, -0.05) is 53.2 Å². The molecule has 2 nitrogen and oxygen atoms in total. The quantitative estimate of drug-likeness (QED) is 0.855. The van der Waals surface area contributed by atoms with Gasteiger partial charge in [-0.3, -0.25) is 0 Å². The summed E-state index contributed by atoms with van der Waals surface area (Å²) in [5.41, 5.74) is 1.35. The van der Waals surface area contributed by atoms with E-state index in [0.717, 1.165) is 24.0 Å². The van der Waals surface area contributed by atoms with Gasteiger partial charge >= 0.3 is 0 Å². The van der Waals surface area contributed by atoms with Gasteiger partial charge in [-0.05, 0) is 48.2 Å². The zero-order valence-electron chi connectivity index (χ0n) is 12.4. The first-order chi connectivity index (χ1) is 10.3. The first-order valence-electron chi connectivity index (χ1n) is 7.83. The number of fused-ring (bicyclic) bond motifs is 1. The lowest BCUT2D eigenvalue weighted by atomic mass is 9.92. The van der Waals surface area contributed by atoms with Gasteiger partial charge < -0.3 is 10.1 Å². The maximum atomic E-state index is 6.05. The average Bonchev–Trinajstić information content (AvgIpc) is 2.55. The van der Waals surface area contributed by atoms with Crippen molar-refractivity contribution in [2.45, 2.75) is 38.3 Å². The number of likely N-dealkylation sites (N-methyl/N-ethyl adjacent to an activating group) is 1. The van der Waals surface area contributed by atoms with Crippen LogP contribution in [0.25, 0.3) is 10.8 Å². The zero-order valence-corrected chi connectivity index (χ0v) is 14.0. The van der Waals surface area contributed by atoms with Gasteiger partial charge in [-0.15, -0.1) is 0 Å². The summed E-state index contributed by atoms with van der Waals surface area (Å²) in [7, 11) is 0. The minimum atomic E-state index is 0.272. The molecule has 0 aliphatic carbocycles. The van der Waals surface area contributed by atoms with Gasteiger partial charge in [0, 0.05) is 11.1 Å². The molecule has 2 atom stereocenters. The Bertz CT molecular complexity index is 607. The largest absolute Gasteiger partial charge is 0.376 e. The molecule has 0 spiro atoms. The predicted octanol–water partition coefficient (Wildman–Crippen LogP) is 4.82. The molecule has 1 saturated heterocycles. The number of rotatable bonds is 4. The summed E-state index contributed by atoms with van der Waals surface area (Å²) in [5, 5.41) is 6.22. The Balaban J connectivity index is 2.04. The Morgan fingerprint density at radius 1 is 1.19 bits per heavy atom. The van der Waals surface area contributed by atoms with Gasteiger partial charge in [-0.25, -0.2) is 0 Å². The van der Waals surface area contributed by atoms with Gasteiger partial charge in [0.1, 0.15) is 0 Å². The van der Waals surface area contributed by atoms with E-state index in [1.807, 2.05) is 0 Å². The molecule has 2 unspecified atom stereocenters. The first kappa shape index (κ1) is 15.0.